The normalized spacial score (nSPS) is 19.2. The van der Waals surface area contributed by atoms with E-state index in [0.717, 1.165) is 54.3 Å². The predicted molar refractivity (Wildman–Crippen MR) is 108 cm³/mol. The summed E-state index contributed by atoms with van der Waals surface area (Å²) in [5, 5.41) is 9.50. The lowest BCUT2D eigenvalue weighted by molar-refractivity contribution is 0.208. The molecule has 0 spiro atoms. The van der Waals surface area contributed by atoms with Crippen molar-refractivity contribution in [3.05, 3.63) is 53.2 Å². The molecule has 0 saturated carbocycles. The zero-order valence-electron chi connectivity index (χ0n) is 16.1. The highest BCUT2D eigenvalue weighted by atomic mass is 16.5. The van der Waals surface area contributed by atoms with Crippen LogP contribution in [0.15, 0.2) is 41.5 Å². The van der Waals surface area contributed by atoms with Gasteiger partial charge in [-0.1, -0.05) is 6.07 Å². The first-order valence-electron chi connectivity index (χ1n) is 9.80. The largest absolute Gasteiger partial charge is 0.491 e. The molecular formula is C22H27N3O2. The number of anilines is 1. The summed E-state index contributed by atoms with van der Waals surface area (Å²) in [6, 6.07) is 10.4. The van der Waals surface area contributed by atoms with Gasteiger partial charge in [-0.25, -0.2) is 4.98 Å². The Balaban J connectivity index is 1.61. The van der Waals surface area contributed by atoms with Crippen LogP contribution in [-0.4, -0.2) is 41.6 Å². The molecule has 5 nitrogen and oxygen atoms in total. The van der Waals surface area contributed by atoms with Gasteiger partial charge in [-0.3, -0.25) is 4.99 Å². The van der Waals surface area contributed by atoms with Crippen molar-refractivity contribution in [2.24, 2.45) is 10.9 Å². The van der Waals surface area contributed by atoms with E-state index in [-0.39, 0.29) is 12.7 Å². The third-order valence-electron chi connectivity index (χ3n) is 5.24. The molecule has 1 aromatic carbocycles. The van der Waals surface area contributed by atoms with Crippen LogP contribution in [0.3, 0.4) is 0 Å². The molecular weight excluding hydrogens is 338 g/mol. The maximum Gasteiger partial charge on any atom is 0.129 e. The smallest absolute Gasteiger partial charge is 0.129 e. The second-order valence-electron chi connectivity index (χ2n) is 7.69. The van der Waals surface area contributed by atoms with E-state index in [1.807, 2.05) is 32.2 Å². The van der Waals surface area contributed by atoms with Crippen LogP contribution in [0.1, 0.15) is 43.4 Å². The van der Waals surface area contributed by atoms with Gasteiger partial charge in [0.15, 0.2) is 0 Å². The van der Waals surface area contributed by atoms with Crippen molar-refractivity contribution in [1.82, 2.24) is 4.98 Å². The second-order valence-corrected chi connectivity index (χ2v) is 7.69. The highest BCUT2D eigenvalue weighted by Crippen LogP contribution is 2.29. The number of rotatable bonds is 5. The molecule has 0 bridgehead atoms. The summed E-state index contributed by atoms with van der Waals surface area (Å²) in [6.07, 6.45) is 4.20. The van der Waals surface area contributed by atoms with Crippen molar-refractivity contribution in [1.29, 1.82) is 0 Å². The van der Waals surface area contributed by atoms with Gasteiger partial charge in [0, 0.05) is 37.0 Å². The fourth-order valence-corrected chi connectivity index (χ4v) is 3.92. The number of aromatic nitrogens is 1. The predicted octanol–water partition coefficient (Wildman–Crippen LogP) is 3.43. The number of aliphatic hydroxyl groups is 1. The molecule has 0 amide bonds. The van der Waals surface area contributed by atoms with E-state index in [2.05, 4.69) is 28.1 Å². The Bertz CT molecular complexity index is 847. The fourth-order valence-electron chi connectivity index (χ4n) is 3.92. The molecule has 0 radical (unpaired) electrons. The van der Waals surface area contributed by atoms with Crippen molar-refractivity contribution in [3.63, 3.8) is 0 Å². The first-order chi connectivity index (χ1) is 13.1. The van der Waals surface area contributed by atoms with E-state index in [1.54, 1.807) is 0 Å². The number of pyridine rings is 1. The lowest BCUT2D eigenvalue weighted by atomic mass is 9.98. The molecule has 1 fully saturated rings. The summed E-state index contributed by atoms with van der Waals surface area (Å²) in [6.45, 7) is 6.88. The number of benzene rings is 1. The first-order valence-corrected chi connectivity index (χ1v) is 9.80. The molecule has 5 heteroatoms. The maximum atomic E-state index is 9.50. The standard InChI is InChI=1S/C22H27N3O2/c1-15(2)27-19-6-5-18-12-24-22(20(18)11-19)17-7-8-23-21(10-17)25-9-3-4-16(13-25)14-26/h5-8,10-11,15-16,26H,3-4,9,12-14H2,1-2H3. The van der Waals surface area contributed by atoms with Crippen molar-refractivity contribution in [3.8, 4) is 5.75 Å². The molecule has 27 heavy (non-hydrogen) atoms. The van der Waals surface area contributed by atoms with Crippen LogP contribution in [0.25, 0.3) is 0 Å². The van der Waals surface area contributed by atoms with E-state index in [4.69, 9.17) is 9.73 Å². The summed E-state index contributed by atoms with van der Waals surface area (Å²) in [5.41, 5.74) is 4.49. The third kappa shape index (κ3) is 3.83. The quantitative estimate of drug-likeness (QED) is 0.882. The van der Waals surface area contributed by atoms with E-state index >= 15 is 0 Å². The molecule has 2 aliphatic rings. The average Bonchev–Trinajstić information content (AvgIpc) is 3.11. The summed E-state index contributed by atoms with van der Waals surface area (Å²) in [4.78, 5) is 11.6. The number of aliphatic imine (C=N–C) groups is 1. The average molecular weight is 365 g/mol. The van der Waals surface area contributed by atoms with E-state index in [1.165, 1.54) is 5.56 Å². The number of fused-ring (bicyclic) bond motifs is 1. The lowest BCUT2D eigenvalue weighted by Gasteiger charge is -2.32. The Morgan fingerprint density at radius 1 is 1.26 bits per heavy atom. The first kappa shape index (κ1) is 18.0. The Labute approximate surface area is 160 Å². The van der Waals surface area contributed by atoms with E-state index in [0.29, 0.717) is 12.5 Å². The minimum absolute atomic E-state index is 0.149. The second kappa shape index (κ2) is 7.69. The van der Waals surface area contributed by atoms with Gasteiger partial charge in [0.1, 0.15) is 11.6 Å². The molecule has 1 N–H and O–H groups in total. The zero-order chi connectivity index (χ0) is 18.8. The SMILES string of the molecule is CC(C)Oc1ccc2c(c1)C(c1ccnc(N3CCCC(CO)C3)c1)=NC2. The molecule has 2 aliphatic heterocycles. The van der Waals surface area contributed by atoms with Crippen LogP contribution in [0.2, 0.25) is 0 Å². The van der Waals surface area contributed by atoms with Gasteiger partial charge in [0.05, 0.1) is 18.4 Å². The Morgan fingerprint density at radius 3 is 2.96 bits per heavy atom. The van der Waals surface area contributed by atoms with Gasteiger partial charge in [0.2, 0.25) is 0 Å². The number of ether oxygens (including phenoxy) is 1. The highest BCUT2D eigenvalue weighted by molar-refractivity contribution is 6.15. The summed E-state index contributed by atoms with van der Waals surface area (Å²) >= 11 is 0. The van der Waals surface area contributed by atoms with Gasteiger partial charge >= 0.3 is 0 Å². The molecule has 142 valence electrons. The Kier molecular flexibility index (Phi) is 5.12. The van der Waals surface area contributed by atoms with Crippen LogP contribution in [-0.2, 0) is 6.54 Å². The van der Waals surface area contributed by atoms with Crippen molar-refractivity contribution >= 4 is 11.5 Å². The highest BCUT2D eigenvalue weighted by Gasteiger charge is 2.23. The topological polar surface area (TPSA) is 58.0 Å². The lowest BCUT2D eigenvalue weighted by Crippen LogP contribution is -2.37. The fraction of sp³-hybridized carbons (Fsp3) is 0.455. The number of hydrogen-bond donors (Lipinski definition) is 1. The van der Waals surface area contributed by atoms with Crippen LogP contribution >= 0.6 is 0 Å². The number of aliphatic hydroxyl groups excluding tert-OH is 1. The van der Waals surface area contributed by atoms with Gasteiger partial charge in [0.25, 0.3) is 0 Å². The molecule has 1 atom stereocenters. The molecule has 0 aliphatic carbocycles. The summed E-state index contributed by atoms with van der Waals surface area (Å²) in [5.74, 6) is 2.19. The minimum atomic E-state index is 0.149. The van der Waals surface area contributed by atoms with Gasteiger partial charge < -0.3 is 14.7 Å². The van der Waals surface area contributed by atoms with Crippen molar-refractivity contribution in [2.75, 3.05) is 24.6 Å². The van der Waals surface area contributed by atoms with Crippen LogP contribution in [0, 0.1) is 5.92 Å². The maximum absolute atomic E-state index is 9.50. The van der Waals surface area contributed by atoms with Crippen molar-refractivity contribution in [2.45, 2.75) is 39.3 Å². The van der Waals surface area contributed by atoms with E-state index < -0.39 is 0 Å². The van der Waals surface area contributed by atoms with E-state index in [9.17, 15) is 5.11 Å². The van der Waals surface area contributed by atoms with Crippen LogP contribution in [0.4, 0.5) is 5.82 Å². The van der Waals surface area contributed by atoms with Gasteiger partial charge in [-0.2, -0.15) is 0 Å². The minimum Gasteiger partial charge on any atom is -0.491 e. The zero-order valence-corrected chi connectivity index (χ0v) is 16.1. The number of hydrogen-bond acceptors (Lipinski definition) is 5. The van der Waals surface area contributed by atoms with Gasteiger partial charge in [-0.05, 0) is 62.4 Å². The molecule has 2 aromatic rings. The Hall–Kier alpha value is -2.40. The molecule has 3 heterocycles. The molecule has 1 saturated heterocycles. The summed E-state index contributed by atoms with van der Waals surface area (Å²) < 4.78 is 5.87. The van der Waals surface area contributed by atoms with Crippen molar-refractivity contribution < 1.29 is 9.84 Å². The summed E-state index contributed by atoms with van der Waals surface area (Å²) in [7, 11) is 0. The molecule has 1 aromatic heterocycles. The Morgan fingerprint density at radius 2 is 2.15 bits per heavy atom. The van der Waals surface area contributed by atoms with Gasteiger partial charge in [-0.15, -0.1) is 0 Å². The number of piperidine rings is 1. The van der Waals surface area contributed by atoms with Crippen LogP contribution < -0.4 is 9.64 Å². The third-order valence-corrected chi connectivity index (χ3v) is 5.24. The monoisotopic (exact) mass is 365 g/mol. The van der Waals surface area contributed by atoms with Crippen LogP contribution in [0.5, 0.6) is 5.75 Å². The molecule has 4 rings (SSSR count). The molecule has 1 unspecified atom stereocenters. The number of nitrogens with zero attached hydrogens (tertiary/aromatic N) is 3.